The van der Waals surface area contributed by atoms with Crippen LogP contribution in [0.1, 0.15) is 43.2 Å². The van der Waals surface area contributed by atoms with Crippen molar-refractivity contribution >= 4 is 11.9 Å². The molecule has 1 aliphatic rings. The fraction of sp³-hybridized carbons (Fsp3) is 0.364. The molecule has 27 heavy (non-hydrogen) atoms. The summed E-state index contributed by atoms with van der Waals surface area (Å²) in [6.07, 6.45) is -0.175. The third-order valence-corrected chi connectivity index (χ3v) is 4.98. The minimum absolute atomic E-state index is 0.00949. The van der Waals surface area contributed by atoms with E-state index in [1.54, 1.807) is 6.92 Å². The first-order chi connectivity index (χ1) is 13.1. The lowest BCUT2D eigenvalue weighted by Gasteiger charge is -2.15. The first-order valence-corrected chi connectivity index (χ1v) is 9.38. The number of nitrogens with one attached hydrogen (secondary N) is 1. The topological polar surface area (TPSA) is 75.6 Å². The molecule has 0 bridgehead atoms. The Morgan fingerprint density at radius 1 is 1.07 bits per heavy atom. The summed E-state index contributed by atoms with van der Waals surface area (Å²) in [5, 5.41) is 12.4. The lowest BCUT2D eigenvalue weighted by atomic mass is 9.98. The Kier molecular flexibility index (Phi) is 6.24. The molecule has 1 amide bonds. The number of hydrogen-bond acceptors (Lipinski definition) is 4. The molecule has 5 heteroatoms. The molecule has 2 aromatic carbocycles. The number of amides is 1. The molecular weight excluding hydrogens is 342 g/mol. The molecule has 0 aromatic heterocycles. The molecule has 0 radical (unpaired) electrons. The van der Waals surface area contributed by atoms with Gasteiger partial charge in [-0.1, -0.05) is 55.5 Å². The van der Waals surface area contributed by atoms with Crippen LogP contribution < -0.4 is 5.32 Å². The van der Waals surface area contributed by atoms with Crippen LogP contribution in [0.4, 0.5) is 4.79 Å². The summed E-state index contributed by atoms with van der Waals surface area (Å²) in [6.45, 7) is 2.11. The summed E-state index contributed by atoms with van der Waals surface area (Å²) in [4.78, 5) is 23.3. The zero-order valence-corrected chi connectivity index (χ0v) is 15.5. The highest BCUT2D eigenvalue weighted by Gasteiger charge is 2.28. The van der Waals surface area contributed by atoms with Gasteiger partial charge in [0.15, 0.2) is 0 Å². The SMILES string of the molecule is CCC(=O)CCC(O)CNC(=O)OCC1c2ccccc2-c2ccccc21. The maximum atomic E-state index is 12.0. The Balaban J connectivity index is 1.53. The second-order valence-corrected chi connectivity index (χ2v) is 6.79. The minimum Gasteiger partial charge on any atom is -0.449 e. The lowest BCUT2D eigenvalue weighted by Crippen LogP contribution is -2.33. The molecule has 0 fully saturated rings. The van der Waals surface area contributed by atoms with Gasteiger partial charge < -0.3 is 15.2 Å². The van der Waals surface area contributed by atoms with E-state index < -0.39 is 12.2 Å². The molecule has 2 N–H and O–H groups in total. The molecular formula is C22H25NO4. The molecule has 0 saturated heterocycles. The Bertz CT molecular complexity index is 772. The molecule has 0 spiro atoms. The second-order valence-electron chi connectivity index (χ2n) is 6.79. The van der Waals surface area contributed by atoms with Crippen molar-refractivity contribution in [3.05, 3.63) is 59.7 Å². The zero-order valence-electron chi connectivity index (χ0n) is 15.5. The van der Waals surface area contributed by atoms with Gasteiger partial charge in [-0.25, -0.2) is 4.79 Å². The van der Waals surface area contributed by atoms with Crippen molar-refractivity contribution in [2.45, 2.75) is 38.2 Å². The van der Waals surface area contributed by atoms with E-state index >= 15 is 0 Å². The number of carbonyl (C=O) groups excluding carboxylic acids is 2. The number of ether oxygens (including phenoxy) is 1. The van der Waals surface area contributed by atoms with Crippen LogP contribution in [0.3, 0.4) is 0 Å². The maximum absolute atomic E-state index is 12.0. The van der Waals surface area contributed by atoms with Crippen LogP contribution in [-0.4, -0.2) is 36.2 Å². The van der Waals surface area contributed by atoms with Gasteiger partial charge in [0.2, 0.25) is 0 Å². The van der Waals surface area contributed by atoms with E-state index in [1.165, 1.54) is 11.1 Å². The Morgan fingerprint density at radius 3 is 2.26 bits per heavy atom. The summed E-state index contributed by atoms with van der Waals surface area (Å²) in [7, 11) is 0. The fourth-order valence-corrected chi connectivity index (χ4v) is 3.46. The predicted molar refractivity (Wildman–Crippen MR) is 104 cm³/mol. The zero-order chi connectivity index (χ0) is 19.2. The number of ketones is 1. The van der Waals surface area contributed by atoms with Gasteiger partial charge in [-0.2, -0.15) is 0 Å². The van der Waals surface area contributed by atoms with Crippen molar-refractivity contribution in [1.82, 2.24) is 5.32 Å². The van der Waals surface area contributed by atoms with E-state index in [9.17, 15) is 14.7 Å². The Hall–Kier alpha value is -2.66. The molecule has 0 aliphatic heterocycles. The van der Waals surface area contributed by atoms with Gasteiger partial charge in [0.05, 0.1) is 6.10 Å². The van der Waals surface area contributed by atoms with Gasteiger partial charge in [-0.3, -0.25) is 4.79 Å². The average molecular weight is 367 g/mol. The molecule has 142 valence electrons. The van der Waals surface area contributed by atoms with Gasteiger partial charge in [0.1, 0.15) is 12.4 Å². The maximum Gasteiger partial charge on any atom is 0.407 e. The van der Waals surface area contributed by atoms with Crippen LogP contribution >= 0.6 is 0 Å². The average Bonchev–Trinajstić information content (AvgIpc) is 3.02. The molecule has 1 unspecified atom stereocenters. The minimum atomic E-state index is -0.749. The lowest BCUT2D eigenvalue weighted by molar-refractivity contribution is -0.119. The molecule has 1 atom stereocenters. The van der Waals surface area contributed by atoms with Crippen molar-refractivity contribution in [2.24, 2.45) is 0 Å². The van der Waals surface area contributed by atoms with Gasteiger partial charge >= 0.3 is 6.09 Å². The number of aliphatic hydroxyl groups excluding tert-OH is 1. The molecule has 2 aromatic rings. The molecule has 0 heterocycles. The van der Waals surface area contributed by atoms with Gasteiger partial charge in [-0.15, -0.1) is 0 Å². The number of aliphatic hydroxyl groups is 1. The number of hydrogen-bond donors (Lipinski definition) is 2. The monoisotopic (exact) mass is 367 g/mol. The Morgan fingerprint density at radius 2 is 1.67 bits per heavy atom. The fourth-order valence-electron chi connectivity index (χ4n) is 3.46. The van der Waals surface area contributed by atoms with Crippen molar-refractivity contribution in [3.63, 3.8) is 0 Å². The molecule has 0 saturated carbocycles. The van der Waals surface area contributed by atoms with E-state index in [0.717, 1.165) is 11.1 Å². The van der Waals surface area contributed by atoms with Crippen LogP contribution in [0, 0.1) is 0 Å². The standard InChI is InChI=1S/C22H25NO4/c1-2-15(24)11-12-16(25)13-23-22(26)27-14-21-19-9-5-3-7-17(19)18-8-4-6-10-20(18)21/h3-10,16,21,25H,2,11-14H2,1H3,(H,23,26). The van der Waals surface area contributed by atoms with E-state index in [2.05, 4.69) is 29.6 Å². The number of Topliss-reactive ketones (excluding diaryl/α,β-unsaturated/α-hetero) is 1. The van der Waals surface area contributed by atoms with Crippen molar-refractivity contribution < 1.29 is 19.4 Å². The summed E-state index contributed by atoms with van der Waals surface area (Å²) in [6, 6.07) is 16.3. The highest BCUT2D eigenvalue weighted by atomic mass is 16.5. The number of carbonyl (C=O) groups is 2. The summed E-state index contributed by atoms with van der Waals surface area (Å²) in [5.74, 6) is 0.116. The largest absolute Gasteiger partial charge is 0.449 e. The summed E-state index contributed by atoms with van der Waals surface area (Å²) in [5.41, 5.74) is 4.67. The molecule has 5 nitrogen and oxygen atoms in total. The van der Waals surface area contributed by atoms with Gasteiger partial charge in [0.25, 0.3) is 0 Å². The van der Waals surface area contributed by atoms with Crippen LogP contribution in [0.25, 0.3) is 11.1 Å². The number of rotatable bonds is 8. The quantitative estimate of drug-likeness (QED) is 0.747. The highest BCUT2D eigenvalue weighted by molar-refractivity contribution is 5.79. The molecule has 1 aliphatic carbocycles. The number of benzene rings is 2. The van der Waals surface area contributed by atoms with E-state index in [4.69, 9.17) is 4.74 Å². The van der Waals surface area contributed by atoms with E-state index in [0.29, 0.717) is 19.3 Å². The Labute approximate surface area is 159 Å². The smallest absolute Gasteiger partial charge is 0.407 e. The predicted octanol–water partition coefficient (Wildman–Crippen LogP) is 3.65. The van der Waals surface area contributed by atoms with Crippen LogP contribution in [-0.2, 0) is 9.53 Å². The third kappa shape index (κ3) is 4.55. The van der Waals surface area contributed by atoms with Crippen LogP contribution in [0.2, 0.25) is 0 Å². The second kappa shape index (κ2) is 8.82. The number of alkyl carbamates (subject to hydrolysis) is 1. The van der Waals surface area contributed by atoms with Crippen LogP contribution in [0.15, 0.2) is 48.5 Å². The number of fused-ring (bicyclic) bond motifs is 3. The van der Waals surface area contributed by atoms with E-state index in [1.807, 2.05) is 24.3 Å². The van der Waals surface area contributed by atoms with Crippen molar-refractivity contribution in [3.8, 4) is 11.1 Å². The van der Waals surface area contributed by atoms with Crippen molar-refractivity contribution in [1.29, 1.82) is 0 Å². The van der Waals surface area contributed by atoms with Crippen molar-refractivity contribution in [2.75, 3.05) is 13.2 Å². The van der Waals surface area contributed by atoms with E-state index in [-0.39, 0.29) is 24.9 Å². The van der Waals surface area contributed by atoms with Gasteiger partial charge in [0, 0.05) is 25.3 Å². The van der Waals surface area contributed by atoms with Crippen LogP contribution in [0.5, 0.6) is 0 Å². The molecule has 3 rings (SSSR count). The third-order valence-electron chi connectivity index (χ3n) is 4.98. The summed E-state index contributed by atoms with van der Waals surface area (Å²) >= 11 is 0. The normalized spacial score (nSPS) is 13.6. The van der Waals surface area contributed by atoms with Gasteiger partial charge in [-0.05, 0) is 28.7 Å². The summed E-state index contributed by atoms with van der Waals surface area (Å²) < 4.78 is 5.41. The highest BCUT2D eigenvalue weighted by Crippen LogP contribution is 2.44. The first kappa shape index (κ1) is 19.1. The first-order valence-electron chi connectivity index (χ1n) is 9.38.